The van der Waals surface area contributed by atoms with Gasteiger partial charge in [-0.15, -0.1) is 5.73 Å². The first kappa shape index (κ1) is 18.2. The van der Waals surface area contributed by atoms with Crippen LogP contribution in [0.5, 0.6) is 5.75 Å². The Bertz CT molecular complexity index is 656. The van der Waals surface area contributed by atoms with Crippen molar-refractivity contribution >= 4 is 15.8 Å². The minimum atomic E-state index is -3.75. The molecule has 0 spiro atoms. The highest BCUT2D eigenvalue weighted by molar-refractivity contribution is 7.89. The smallest absolute Gasteiger partial charge is 0.241 e. The highest BCUT2D eigenvalue weighted by Gasteiger charge is 2.25. The van der Waals surface area contributed by atoms with Crippen molar-refractivity contribution < 1.29 is 17.9 Å². The maximum absolute atomic E-state index is 12.3. The number of ketones is 1. The predicted molar refractivity (Wildman–Crippen MR) is 85.3 cm³/mol. The average molecular weight is 323 g/mol. The molecular weight excluding hydrogens is 302 g/mol. The number of carbonyl (C=O) groups is 1. The highest BCUT2D eigenvalue weighted by atomic mass is 32.2. The van der Waals surface area contributed by atoms with Crippen LogP contribution in [0.3, 0.4) is 0 Å². The Balaban J connectivity index is 2.89. The van der Waals surface area contributed by atoms with Gasteiger partial charge in [0.15, 0.2) is 0 Å². The summed E-state index contributed by atoms with van der Waals surface area (Å²) < 4.78 is 32.4. The van der Waals surface area contributed by atoms with Gasteiger partial charge >= 0.3 is 0 Å². The summed E-state index contributed by atoms with van der Waals surface area (Å²) in [4.78, 5) is 11.6. The number of ether oxygens (including phenoxy) is 1. The van der Waals surface area contributed by atoms with Gasteiger partial charge in [0.1, 0.15) is 18.1 Å². The maximum Gasteiger partial charge on any atom is 0.241 e. The Labute approximate surface area is 131 Å². The summed E-state index contributed by atoms with van der Waals surface area (Å²) in [5.41, 5.74) is 2.58. The number of rotatable bonds is 8. The van der Waals surface area contributed by atoms with E-state index in [-0.39, 0.29) is 16.6 Å². The number of Topliss-reactive ketones (excluding diaryl/α,β-unsaturated/α-hetero) is 1. The van der Waals surface area contributed by atoms with Crippen LogP contribution in [0.15, 0.2) is 47.5 Å². The maximum atomic E-state index is 12.3. The first-order valence-electron chi connectivity index (χ1n) is 6.88. The van der Waals surface area contributed by atoms with Crippen LogP contribution in [0.2, 0.25) is 0 Å². The van der Waals surface area contributed by atoms with Gasteiger partial charge < -0.3 is 4.74 Å². The van der Waals surface area contributed by atoms with Gasteiger partial charge in [-0.25, -0.2) is 13.1 Å². The summed E-state index contributed by atoms with van der Waals surface area (Å²) in [5, 5.41) is 0. The standard InChI is InChI=1S/C16H21NO4S/c1-5-6-11-21-14-7-9-15(10-8-14)22(19,20)17-16(12(2)3)13(4)18/h6-10,12,16-17H,1,11H2,2-4H3. The number of carbonyl (C=O) groups excluding carboxylic acids is 1. The molecule has 0 saturated carbocycles. The van der Waals surface area contributed by atoms with Crippen LogP contribution in [-0.4, -0.2) is 26.8 Å². The molecule has 120 valence electrons. The molecular formula is C16H21NO4S. The summed E-state index contributed by atoms with van der Waals surface area (Å²) in [6.07, 6.45) is 1.62. The van der Waals surface area contributed by atoms with E-state index in [0.29, 0.717) is 12.4 Å². The first-order chi connectivity index (χ1) is 10.3. The van der Waals surface area contributed by atoms with E-state index in [4.69, 9.17) is 4.74 Å². The quantitative estimate of drug-likeness (QED) is 0.745. The van der Waals surface area contributed by atoms with Crippen LogP contribution < -0.4 is 9.46 Å². The molecule has 1 N–H and O–H groups in total. The lowest BCUT2D eigenvalue weighted by Crippen LogP contribution is -2.43. The molecule has 22 heavy (non-hydrogen) atoms. The molecule has 0 aliphatic carbocycles. The van der Waals surface area contributed by atoms with E-state index in [1.807, 2.05) is 0 Å². The monoisotopic (exact) mass is 323 g/mol. The van der Waals surface area contributed by atoms with E-state index >= 15 is 0 Å². The van der Waals surface area contributed by atoms with Gasteiger partial charge in [-0.2, -0.15) is 0 Å². The number of hydrogen-bond acceptors (Lipinski definition) is 4. The fraction of sp³-hybridized carbons (Fsp3) is 0.375. The Morgan fingerprint density at radius 2 is 1.95 bits per heavy atom. The van der Waals surface area contributed by atoms with Gasteiger partial charge in [-0.05, 0) is 43.2 Å². The predicted octanol–water partition coefficient (Wildman–Crippen LogP) is 2.30. The van der Waals surface area contributed by atoms with Crippen molar-refractivity contribution in [3.8, 4) is 5.75 Å². The fourth-order valence-corrected chi connectivity index (χ4v) is 3.24. The Morgan fingerprint density at radius 3 is 2.41 bits per heavy atom. The van der Waals surface area contributed by atoms with Crippen LogP contribution in [0.1, 0.15) is 20.8 Å². The van der Waals surface area contributed by atoms with E-state index in [0.717, 1.165) is 0 Å². The molecule has 0 aliphatic heterocycles. The molecule has 1 aromatic rings. The summed E-state index contributed by atoms with van der Waals surface area (Å²) >= 11 is 0. The second kappa shape index (κ2) is 7.94. The Hall–Kier alpha value is -1.88. The van der Waals surface area contributed by atoms with Gasteiger partial charge in [-0.1, -0.05) is 20.4 Å². The van der Waals surface area contributed by atoms with Gasteiger partial charge in [0.05, 0.1) is 10.9 Å². The normalized spacial score (nSPS) is 12.5. The molecule has 1 rings (SSSR count). The zero-order valence-corrected chi connectivity index (χ0v) is 13.8. The molecule has 0 saturated heterocycles. The summed E-state index contributed by atoms with van der Waals surface area (Å²) in [7, 11) is -3.75. The molecule has 6 heteroatoms. The van der Waals surface area contributed by atoms with Gasteiger partial charge in [0, 0.05) is 0 Å². The molecule has 0 aliphatic rings. The van der Waals surface area contributed by atoms with Crippen molar-refractivity contribution in [3.63, 3.8) is 0 Å². The molecule has 0 aromatic heterocycles. The van der Waals surface area contributed by atoms with Crippen molar-refractivity contribution in [2.24, 2.45) is 5.92 Å². The zero-order chi connectivity index (χ0) is 16.8. The third-order valence-electron chi connectivity index (χ3n) is 3.00. The summed E-state index contributed by atoms with van der Waals surface area (Å²) in [5.74, 6) is 0.202. The number of benzene rings is 1. The number of sulfonamides is 1. The first-order valence-corrected chi connectivity index (χ1v) is 8.36. The van der Waals surface area contributed by atoms with Crippen LogP contribution >= 0.6 is 0 Å². The molecule has 0 heterocycles. The van der Waals surface area contributed by atoms with Crippen molar-refractivity contribution in [3.05, 3.63) is 42.7 Å². The minimum Gasteiger partial charge on any atom is -0.489 e. The summed E-state index contributed by atoms with van der Waals surface area (Å²) in [6, 6.07) is 5.26. The van der Waals surface area contributed by atoms with E-state index in [9.17, 15) is 13.2 Å². The molecule has 1 unspecified atom stereocenters. The third-order valence-corrected chi connectivity index (χ3v) is 4.46. The van der Waals surface area contributed by atoms with Crippen molar-refractivity contribution in [1.29, 1.82) is 0 Å². The van der Waals surface area contributed by atoms with Crippen molar-refractivity contribution in [1.82, 2.24) is 4.72 Å². The van der Waals surface area contributed by atoms with Crippen LogP contribution in [0.25, 0.3) is 0 Å². The Kier molecular flexibility index (Phi) is 6.56. The SMILES string of the molecule is C=C=CCOc1ccc(S(=O)(=O)NC(C(C)=O)C(C)C)cc1. The van der Waals surface area contributed by atoms with Gasteiger partial charge in [0.25, 0.3) is 0 Å². The highest BCUT2D eigenvalue weighted by Crippen LogP contribution is 2.17. The lowest BCUT2D eigenvalue weighted by atomic mass is 10.0. The largest absolute Gasteiger partial charge is 0.489 e. The molecule has 1 aromatic carbocycles. The zero-order valence-electron chi connectivity index (χ0n) is 13.0. The average Bonchev–Trinajstić information content (AvgIpc) is 2.45. The minimum absolute atomic E-state index is 0.0889. The lowest BCUT2D eigenvalue weighted by Gasteiger charge is -2.19. The van der Waals surface area contributed by atoms with E-state index < -0.39 is 16.1 Å². The third kappa shape index (κ3) is 5.15. The number of hydrogen-bond donors (Lipinski definition) is 1. The molecule has 0 fully saturated rings. The van der Waals surface area contributed by atoms with Crippen LogP contribution in [-0.2, 0) is 14.8 Å². The molecule has 0 amide bonds. The summed E-state index contributed by atoms with van der Waals surface area (Å²) in [6.45, 7) is 8.68. The van der Waals surface area contributed by atoms with E-state index in [1.54, 1.807) is 32.1 Å². The van der Waals surface area contributed by atoms with Crippen LogP contribution in [0.4, 0.5) is 0 Å². The Morgan fingerprint density at radius 1 is 1.36 bits per heavy atom. The molecule has 5 nitrogen and oxygen atoms in total. The van der Waals surface area contributed by atoms with Gasteiger partial charge in [0.2, 0.25) is 10.0 Å². The second-order valence-corrected chi connectivity index (χ2v) is 6.86. The van der Waals surface area contributed by atoms with Crippen LogP contribution in [0, 0.1) is 5.92 Å². The second-order valence-electron chi connectivity index (χ2n) is 5.14. The van der Waals surface area contributed by atoms with Crippen molar-refractivity contribution in [2.75, 3.05) is 6.61 Å². The lowest BCUT2D eigenvalue weighted by molar-refractivity contribution is -0.119. The van der Waals surface area contributed by atoms with Crippen molar-refractivity contribution in [2.45, 2.75) is 31.7 Å². The topological polar surface area (TPSA) is 72.5 Å². The molecule has 1 atom stereocenters. The van der Waals surface area contributed by atoms with E-state index in [2.05, 4.69) is 17.0 Å². The van der Waals surface area contributed by atoms with E-state index in [1.165, 1.54) is 19.1 Å². The van der Waals surface area contributed by atoms with Gasteiger partial charge in [-0.3, -0.25) is 4.79 Å². The molecule has 0 bridgehead atoms. The molecule has 0 radical (unpaired) electrons. The fourth-order valence-electron chi connectivity index (χ4n) is 1.84. The number of nitrogens with one attached hydrogen (secondary N) is 1.